The number of aryl methyl sites for hydroxylation is 1. The molecule has 2 aliphatic rings. The van der Waals surface area contributed by atoms with Crippen LogP contribution in [0.5, 0.6) is 5.88 Å². The number of benzene rings is 1. The molecule has 0 saturated heterocycles. The van der Waals surface area contributed by atoms with E-state index in [-0.39, 0.29) is 24.0 Å². The molecule has 1 unspecified atom stereocenters. The number of amides is 1. The van der Waals surface area contributed by atoms with Gasteiger partial charge >= 0.3 is 0 Å². The molecule has 1 aromatic carbocycles. The molecule has 0 bridgehead atoms. The second-order valence-corrected chi connectivity index (χ2v) is 7.92. The number of nitrogens with zero attached hydrogens (tertiary/aromatic N) is 1. The molecule has 5 heteroatoms. The first kappa shape index (κ1) is 18.0. The maximum absolute atomic E-state index is 13.2. The number of hydrogen-bond donors (Lipinski definition) is 2. The minimum atomic E-state index is -0.409. The van der Waals surface area contributed by atoms with Crippen LogP contribution in [-0.4, -0.2) is 29.2 Å². The number of aromatic nitrogens is 1. The van der Waals surface area contributed by atoms with Gasteiger partial charge in [0.2, 0.25) is 11.8 Å². The molecule has 1 aromatic heterocycles. The fourth-order valence-electron chi connectivity index (χ4n) is 4.00. The highest BCUT2D eigenvalue weighted by atomic mass is 16.5. The average Bonchev–Trinajstić information content (AvgIpc) is 3.46. The van der Waals surface area contributed by atoms with Crippen LogP contribution in [-0.2, 0) is 10.2 Å². The normalized spacial score (nSPS) is 23.8. The summed E-state index contributed by atoms with van der Waals surface area (Å²) in [6, 6.07) is 11.9. The van der Waals surface area contributed by atoms with Crippen LogP contribution in [0.15, 0.2) is 42.6 Å². The molecule has 2 fully saturated rings. The lowest BCUT2D eigenvalue weighted by molar-refractivity contribution is -0.125. The van der Waals surface area contributed by atoms with Gasteiger partial charge in [0.15, 0.2) is 0 Å². The van der Waals surface area contributed by atoms with Gasteiger partial charge in [0.05, 0.1) is 24.7 Å². The molecule has 27 heavy (non-hydrogen) atoms. The van der Waals surface area contributed by atoms with E-state index in [9.17, 15) is 9.90 Å². The molecule has 142 valence electrons. The zero-order valence-corrected chi connectivity index (χ0v) is 15.8. The van der Waals surface area contributed by atoms with Crippen LogP contribution < -0.4 is 10.1 Å². The van der Waals surface area contributed by atoms with E-state index >= 15 is 0 Å². The molecule has 0 aliphatic heterocycles. The summed E-state index contributed by atoms with van der Waals surface area (Å²) in [4.78, 5) is 17.5. The molecule has 1 heterocycles. The number of hydrogen-bond acceptors (Lipinski definition) is 4. The molecule has 5 nitrogen and oxygen atoms in total. The number of rotatable bonds is 6. The van der Waals surface area contributed by atoms with E-state index in [0.717, 1.165) is 24.0 Å². The number of carbonyl (C=O) groups is 1. The van der Waals surface area contributed by atoms with E-state index in [2.05, 4.69) is 41.5 Å². The third-order valence-electron chi connectivity index (χ3n) is 6.02. The minimum Gasteiger partial charge on any atom is -0.481 e. The molecule has 2 aromatic rings. The Morgan fingerprint density at radius 1 is 1.22 bits per heavy atom. The van der Waals surface area contributed by atoms with Gasteiger partial charge < -0.3 is 15.2 Å². The van der Waals surface area contributed by atoms with Crippen LogP contribution in [0.2, 0.25) is 0 Å². The van der Waals surface area contributed by atoms with Gasteiger partial charge in [-0.3, -0.25) is 4.79 Å². The Kier molecular flexibility index (Phi) is 4.64. The van der Waals surface area contributed by atoms with Crippen molar-refractivity contribution in [1.29, 1.82) is 0 Å². The lowest BCUT2D eigenvalue weighted by Gasteiger charge is -2.38. The van der Waals surface area contributed by atoms with E-state index in [4.69, 9.17) is 4.74 Å². The van der Waals surface area contributed by atoms with Crippen molar-refractivity contribution in [1.82, 2.24) is 10.3 Å². The van der Waals surface area contributed by atoms with Gasteiger partial charge in [-0.15, -0.1) is 0 Å². The Morgan fingerprint density at radius 2 is 1.93 bits per heavy atom. The van der Waals surface area contributed by atoms with Crippen LogP contribution >= 0.6 is 0 Å². The summed E-state index contributed by atoms with van der Waals surface area (Å²) >= 11 is 0. The first-order chi connectivity index (χ1) is 13.0. The number of carbonyl (C=O) groups excluding carboxylic acids is 1. The van der Waals surface area contributed by atoms with E-state index in [1.54, 1.807) is 13.3 Å². The predicted octanol–water partition coefficient (Wildman–Crippen LogP) is 3.06. The summed E-state index contributed by atoms with van der Waals surface area (Å²) in [7, 11) is 1.59. The predicted molar refractivity (Wildman–Crippen MR) is 102 cm³/mol. The van der Waals surface area contributed by atoms with Crippen molar-refractivity contribution in [2.24, 2.45) is 5.92 Å². The highest BCUT2D eigenvalue weighted by Crippen LogP contribution is 2.49. The van der Waals surface area contributed by atoms with Crippen molar-refractivity contribution in [3.63, 3.8) is 0 Å². The van der Waals surface area contributed by atoms with Gasteiger partial charge in [0, 0.05) is 12.3 Å². The standard InChI is InChI=1S/C22H26N2O3/c1-14-3-6-17(7-4-14)22(9-10-22)21(26)24-20(16-11-18(25)12-16)15-5-8-19(27-2)23-13-15/h3-8,13,16,18,20,25H,9-12H2,1-2H3,(H,24,26). The van der Waals surface area contributed by atoms with Crippen molar-refractivity contribution >= 4 is 5.91 Å². The number of methoxy groups -OCH3 is 1. The first-order valence-electron chi connectivity index (χ1n) is 9.58. The number of aliphatic hydroxyl groups excluding tert-OH is 1. The molecule has 2 saturated carbocycles. The van der Waals surface area contributed by atoms with Crippen LogP contribution in [0.1, 0.15) is 48.4 Å². The Labute approximate surface area is 159 Å². The largest absolute Gasteiger partial charge is 0.481 e. The summed E-state index contributed by atoms with van der Waals surface area (Å²) in [6.07, 6.45) is 4.65. The maximum Gasteiger partial charge on any atom is 0.231 e. The van der Waals surface area contributed by atoms with Gasteiger partial charge in [-0.25, -0.2) is 4.98 Å². The summed E-state index contributed by atoms with van der Waals surface area (Å²) in [5.41, 5.74) is 2.83. The Morgan fingerprint density at radius 3 is 2.44 bits per heavy atom. The smallest absolute Gasteiger partial charge is 0.231 e. The van der Waals surface area contributed by atoms with Gasteiger partial charge in [-0.05, 0) is 49.7 Å². The summed E-state index contributed by atoms with van der Waals surface area (Å²) in [5.74, 6) is 0.859. The molecule has 2 N–H and O–H groups in total. The molecular formula is C22H26N2O3. The quantitative estimate of drug-likeness (QED) is 0.824. The van der Waals surface area contributed by atoms with Crippen LogP contribution in [0, 0.1) is 12.8 Å². The average molecular weight is 366 g/mol. The second-order valence-electron chi connectivity index (χ2n) is 7.92. The van der Waals surface area contributed by atoms with Crippen LogP contribution in [0.4, 0.5) is 0 Å². The van der Waals surface area contributed by atoms with Crippen molar-refractivity contribution in [2.75, 3.05) is 7.11 Å². The second kappa shape index (κ2) is 6.97. The lowest BCUT2D eigenvalue weighted by atomic mass is 9.75. The minimum absolute atomic E-state index is 0.0774. The van der Waals surface area contributed by atoms with E-state index < -0.39 is 5.41 Å². The number of nitrogens with one attached hydrogen (secondary N) is 1. The Hall–Kier alpha value is -2.40. The lowest BCUT2D eigenvalue weighted by Crippen LogP contribution is -2.44. The summed E-state index contributed by atoms with van der Waals surface area (Å²) in [6.45, 7) is 2.05. The van der Waals surface area contributed by atoms with Crippen molar-refractivity contribution < 1.29 is 14.6 Å². The van der Waals surface area contributed by atoms with E-state index in [1.165, 1.54) is 5.56 Å². The van der Waals surface area contributed by atoms with Gasteiger partial charge in [-0.1, -0.05) is 35.9 Å². The van der Waals surface area contributed by atoms with Gasteiger partial charge in [0.25, 0.3) is 0 Å². The monoisotopic (exact) mass is 366 g/mol. The van der Waals surface area contributed by atoms with Gasteiger partial charge in [-0.2, -0.15) is 0 Å². The zero-order chi connectivity index (χ0) is 19.0. The third-order valence-corrected chi connectivity index (χ3v) is 6.02. The SMILES string of the molecule is COc1ccc(C(NC(=O)C2(c3ccc(C)cc3)CC2)C2CC(O)C2)cn1. The topological polar surface area (TPSA) is 71.5 Å². The molecular weight excluding hydrogens is 340 g/mol. The Bertz CT molecular complexity index is 806. The molecule has 0 spiro atoms. The highest BCUT2D eigenvalue weighted by Gasteiger charge is 2.52. The first-order valence-corrected chi connectivity index (χ1v) is 9.58. The molecule has 1 amide bonds. The van der Waals surface area contributed by atoms with Crippen molar-refractivity contribution in [2.45, 2.75) is 50.2 Å². The van der Waals surface area contributed by atoms with E-state index in [0.29, 0.717) is 18.7 Å². The van der Waals surface area contributed by atoms with Crippen LogP contribution in [0.25, 0.3) is 0 Å². The van der Waals surface area contributed by atoms with Crippen molar-refractivity contribution in [3.05, 3.63) is 59.3 Å². The molecule has 1 atom stereocenters. The number of aliphatic hydroxyl groups is 1. The maximum atomic E-state index is 13.2. The fraction of sp³-hybridized carbons (Fsp3) is 0.455. The summed E-state index contributed by atoms with van der Waals surface area (Å²) < 4.78 is 5.14. The third kappa shape index (κ3) is 3.44. The Balaban J connectivity index is 1.55. The number of pyridine rings is 1. The van der Waals surface area contributed by atoms with Crippen LogP contribution in [0.3, 0.4) is 0 Å². The van der Waals surface area contributed by atoms with Crippen molar-refractivity contribution in [3.8, 4) is 5.88 Å². The fourth-order valence-corrected chi connectivity index (χ4v) is 4.00. The highest BCUT2D eigenvalue weighted by molar-refractivity contribution is 5.91. The zero-order valence-electron chi connectivity index (χ0n) is 15.8. The number of ether oxygens (including phenoxy) is 1. The molecule has 2 aliphatic carbocycles. The molecule has 4 rings (SSSR count). The van der Waals surface area contributed by atoms with E-state index in [1.807, 2.05) is 12.1 Å². The molecule has 0 radical (unpaired) electrons. The van der Waals surface area contributed by atoms with Gasteiger partial charge in [0.1, 0.15) is 0 Å². The summed E-state index contributed by atoms with van der Waals surface area (Å²) in [5, 5.41) is 13.0.